The molecule has 0 radical (unpaired) electrons. The molecular formula is C15H15Cl2NO. The van der Waals surface area contributed by atoms with E-state index in [2.05, 4.69) is 5.32 Å². The van der Waals surface area contributed by atoms with Crippen LogP contribution < -0.4 is 10.1 Å². The predicted octanol–water partition coefficient (Wildman–Crippen LogP) is 4.31. The monoisotopic (exact) mass is 295 g/mol. The topological polar surface area (TPSA) is 21.3 Å². The first kappa shape index (κ1) is 14.2. The number of rotatable bonds is 4. The van der Waals surface area contributed by atoms with Crippen LogP contribution in [0.3, 0.4) is 0 Å². The molecular weight excluding hydrogens is 281 g/mol. The van der Waals surface area contributed by atoms with Gasteiger partial charge in [0.15, 0.2) is 0 Å². The van der Waals surface area contributed by atoms with E-state index >= 15 is 0 Å². The molecule has 0 fully saturated rings. The summed E-state index contributed by atoms with van der Waals surface area (Å²) >= 11 is 11.9. The lowest BCUT2D eigenvalue weighted by atomic mass is 9.98. The maximum absolute atomic E-state index is 5.99. The van der Waals surface area contributed by atoms with Crippen molar-refractivity contribution in [1.82, 2.24) is 5.32 Å². The van der Waals surface area contributed by atoms with Crippen molar-refractivity contribution in [2.24, 2.45) is 0 Å². The second-order valence-electron chi connectivity index (χ2n) is 4.16. The van der Waals surface area contributed by atoms with E-state index in [9.17, 15) is 0 Å². The van der Waals surface area contributed by atoms with Crippen molar-refractivity contribution >= 4 is 23.2 Å². The Bertz CT molecular complexity index is 555. The van der Waals surface area contributed by atoms with E-state index < -0.39 is 0 Å². The summed E-state index contributed by atoms with van der Waals surface area (Å²) in [5.74, 6) is 0.766. The first-order valence-electron chi connectivity index (χ1n) is 5.92. The molecule has 4 heteroatoms. The minimum Gasteiger partial charge on any atom is -0.496 e. The Balaban J connectivity index is 2.44. The van der Waals surface area contributed by atoms with Gasteiger partial charge in [-0.3, -0.25) is 0 Å². The average Bonchev–Trinajstić information content (AvgIpc) is 2.43. The standard InChI is InChI=1S/C15H15Cl2NO/c1-18-15(10-3-5-11(16)6-4-10)13-8-7-12(17)9-14(13)19-2/h3-9,15,18H,1-2H3. The van der Waals surface area contributed by atoms with Gasteiger partial charge in [-0.25, -0.2) is 0 Å². The highest BCUT2D eigenvalue weighted by atomic mass is 35.5. The lowest BCUT2D eigenvalue weighted by Gasteiger charge is -2.20. The number of halogens is 2. The number of ether oxygens (including phenoxy) is 1. The Morgan fingerprint density at radius 3 is 2.21 bits per heavy atom. The highest BCUT2D eigenvalue weighted by Crippen LogP contribution is 2.32. The molecule has 2 aromatic rings. The van der Waals surface area contributed by atoms with E-state index in [-0.39, 0.29) is 6.04 Å². The maximum atomic E-state index is 5.99. The van der Waals surface area contributed by atoms with Gasteiger partial charge in [-0.05, 0) is 36.9 Å². The van der Waals surface area contributed by atoms with Gasteiger partial charge in [0.2, 0.25) is 0 Å². The Labute approximate surface area is 123 Å². The molecule has 0 bridgehead atoms. The molecule has 0 amide bonds. The van der Waals surface area contributed by atoms with Crippen molar-refractivity contribution in [3.63, 3.8) is 0 Å². The number of hydrogen-bond donors (Lipinski definition) is 1. The molecule has 1 atom stereocenters. The van der Waals surface area contributed by atoms with Gasteiger partial charge in [0.1, 0.15) is 5.75 Å². The summed E-state index contributed by atoms with van der Waals surface area (Å²) in [5, 5.41) is 4.66. The van der Waals surface area contributed by atoms with Crippen molar-refractivity contribution in [2.75, 3.05) is 14.2 Å². The molecule has 0 saturated heterocycles. The summed E-state index contributed by atoms with van der Waals surface area (Å²) in [4.78, 5) is 0. The quantitative estimate of drug-likeness (QED) is 0.907. The van der Waals surface area contributed by atoms with Crippen LogP contribution in [0.1, 0.15) is 17.2 Å². The van der Waals surface area contributed by atoms with Crippen molar-refractivity contribution in [3.8, 4) is 5.75 Å². The van der Waals surface area contributed by atoms with E-state index in [0.717, 1.165) is 21.9 Å². The smallest absolute Gasteiger partial charge is 0.125 e. The van der Waals surface area contributed by atoms with Gasteiger partial charge in [-0.2, -0.15) is 0 Å². The van der Waals surface area contributed by atoms with Crippen LogP contribution in [-0.2, 0) is 0 Å². The van der Waals surface area contributed by atoms with Gasteiger partial charge >= 0.3 is 0 Å². The van der Waals surface area contributed by atoms with Crippen LogP contribution in [0.4, 0.5) is 0 Å². The summed E-state index contributed by atoms with van der Waals surface area (Å²) in [6.07, 6.45) is 0. The summed E-state index contributed by atoms with van der Waals surface area (Å²) in [7, 11) is 3.55. The number of methoxy groups -OCH3 is 1. The van der Waals surface area contributed by atoms with Crippen molar-refractivity contribution in [1.29, 1.82) is 0 Å². The Kier molecular flexibility index (Phi) is 4.70. The zero-order chi connectivity index (χ0) is 13.8. The third kappa shape index (κ3) is 3.21. The van der Waals surface area contributed by atoms with Crippen LogP contribution in [0.15, 0.2) is 42.5 Å². The molecule has 2 rings (SSSR count). The lowest BCUT2D eigenvalue weighted by Crippen LogP contribution is -2.18. The fraction of sp³-hybridized carbons (Fsp3) is 0.200. The highest BCUT2D eigenvalue weighted by Gasteiger charge is 2.16. The molecule has 100 valence electrons. The van der Waals surface area contributed by atoms with Crippen molar-refractivity contribution < 1.29 is 4.74 Å². The lowest BCUT2D eigenvalue weighted by molar-refractivity contribution is 0.405. The van der Waals surface area contributed by atoms with Crippen molar-refractivity contribution in [2.45, 2.75) is 6.04 Å². The van der Waals surface area contributed by atoms with E-state index in [4.69, 9.17) is 27.9 Å². The molecule has 0 heterocycles. The fourth-order valence-corrected chi connectivity index (χ4v) is 2.37. The highest BCUT2D eigenvalue weighted by molar-refractivity contribution is 6.31. The van der Waals surface area contributed by atoms with Crippen LogP contribution in [0.5, 0.6) is 5.75 Å². The maximum Gasteiger partial charge on any atom is 0.125 e. The van der Waals surface area contributed by atoms with Gasteiger partial charge in [0, 0.05) is 15.6 Å². The number of benzene rings is 2. The first-order chi connectivity index (χ1) is 9.15. The SMILES string of the molecule is CNC(c1ccc(Cl)cc1)c1ccc(Cl)cc1OC. The van der Waals surface area contributed by atoms with Crippen LogP contribution in [0, 0.1) is 0 Å². The first-order valence-corrected chi connectivity index (χ1v) is 6.67. The summed E-state index contributed by atoms with van der Waals surface area (Å²) < 4.78 is 5.40. The van der Waals surface area contributed by atoms with E-state index in [1.165, 1.54) is 0 Å². The Morgan fingerprint density at radius 2 is 1.63 bits per heavy atom. The Morgan fingerprint density at radius 1 is 1.00 bits per heavy atom. The van der Waals surface area contributed by atoms with Gasteiger partial charge in [0.25, 0.3) is 0 Å². The molecule has 0 aliphatic heterocycles. The zero-order valence-electron chi connectivity index (χ0n) is 10.8. The van der Waals surface area contributed by atoms with Gasteiger partial charge < -0.3 is 10.1 Å². The summed E-state index contributed by atoms with van der Waals surface area (Å²) in [6.45, 7) is 0. The molecule has 0 spiro atoms. The molecule has 2 aromatic carbocycles. The Hall–Kier alpha value is -1.22. The molecule has 1 N–H and O–H groups in total. The van der Waals surface area contributed by atoms with Gasteiger partial charge in [0.05, 0.1) is 13.2 Å². The second kappa shape index (κ2) is 6.29. The summed E-state index contributed by atoms with van der Waals surface area (Å²) in [5.41, 5.74) is 2.16. The molecule has 2 nitrogen and oxygen atoms in total. The molecule has 19 heavy (non-hydrogen) atoms. The fourth-order valence-electron chi connectivity index (χ4n) is 2.08. The molecule has 0 aliphatic carbocycles. The zero-order valence-corrected chi connectivity index (χ0v) is 12.3. The van der Waals surface area contributed by atoms with E-state index in [0.29, 0.717) is 5.02 Å². The summed E-state index contributed by atoms with van der Waals surface area (Å²) in [6, 6.07) is 13.4. The van der Waals surface area contributed by atoms with Crippen LogP contribution in [-0.4, -0.2) is 14.2 Å². The number of hydrogen-bond acceptors (Lipinski definition) is 2. The minimum absolute atomic E-state index is 0.0319. The van der Waals surface area contributed by atoms with Gasteiger partial charge in [-0.15, -0.1) is 0 Å². The van der Waals surface area contributed by atoms with Crippen LogP contribution >= 0.6 is 23.2 Å². The van der Waals surface area contributed by atoms with Crippen LogP contribution in [0.25, 0.3) is 0 Å². The van der Waals surface area contributed by atoms with Crippen LogP contribution in [0.2, 0.25) is 10.0 Å². The molecule has 0 saturated carbocycles. The van der Waals surface area contributed by atoms with E-state index in [1.54, 1.807) is 7.11 Å². The average molecular weight is 296 g/mol. The third-order valence-electron chi connectivity index (χ3n) is 3.00. The largest absolute Gasteiger partial charge is 0.496 e. The number of nitrogens with one attached hydrogen (secondary N) is 1. The predicted molar refractivity (Wildman–Crippen MR) is 80.4 cm³/mol. The third-order valence-corrected chi connectivity index (χ3v) is 3.49. The molecule has 1 unspecified atom stereocenters. The molecule has 0 aliphatic rings. The van der Waals surface area contributed by atoms with E-state index in [1.807, 2.05) is 49.5 Å². The second-order valence-corrected chi connectivity index (χ2v) is 5.03. The normalized spacial score (nSPS) is 12.2. The minimum atomic E-state index is 0.0319. The van der Waals surface area contributed by atoms with Crippen molar-refractivity contribution in [3.05, 3.63) is 63.6 Å². The molecule has 0 aromatic heterocycles. The van der Waals surface area contributed by atoms with Gasteiger partial charge in [-0.1, -0.05) is 41.4 Å².